The van der Waals surface area contributed by atoms with Crippen LogP contribution in [0.15, 0.2) is 40.6 Å². The van der Waals surface area contributed by atoms with Crippen LogP contribution < -0.4 is 10.5 Å². The molecule has 1 aromatic heterocycles. The first-order chi connectivity index (χ1) is 10.3. The Hall–Kier alpha value is -1.77. The predicted molar refractivity (Wildman–Crippen MR) is 82.8 cm³/mol. The van der Waals surface area contributed by atoms with E-state index in [0.717, 1.165) is 17.0 Å². The van der Waals surface area contributed by atoms with Crippen molar-refractivity contribution in [3.8, 4) is 0 Å². The van der Waals surface area contributed by atoms with Gasteiger partial charge in [0.05, 0.1) is 0 Å². The summed E-state index contributed by atoms with van der Waals surface area (Å²) < 4.78 is 35.9. The normalized spacial score (nSPS) is 12.9. The summed E-state index contributed by atoms with van der Waals surface area (Å²) in [5.41, 5.74) is 0.0447. The maximum absolute atomic E-state index is 13.7. The van der Waals surface area contributed by atoms with Crippen LogP contribution in [0, 0.1) is 5.82 Å². The molecule has 0 saturated heterocycles. The van der Waals surface area contributed by atoms with Crippen molar-refractivity contribution in [3.63, 3.8) is 0 Å². The smallest absolute Gasteiger partial charge is 0.251 e. The minimum atomic E-state index is -4.14. The minimum absolute atomic E-state index is 0.0447. The molecule has 0 aliphatic heterocycles. The summed E-state index contributed by atoms with van der Waals surface area (Å²) in [6.07, 6.45) is 0. The number of sulfonamides is 1. The summed E-state index contributed by atoms with van der Waals surface area (Å²) in [6, 6.07) is 6.99. The Balaban J connectivity index is 2.06. The molecular weight excluding hydrogens is 327 g/mol. The van der Waals surface area contributed by atoms with E-state index in [-0.39, 0.29) is 11.5 Å². The molecule has 1 amide bonds. The molecule has 5 nitrogen and oxygen atoms in total. The van der Waals surface area contributed by atoms with Gasteiger partial charge in [0.15, 0.2) is 0 Å². The van der Waals surface area contributed by atoms with Gasteiger partial charge < -0.3 is 5.32 Å². The van der Waals surface area contributed by atoms with Gasteiger partial charge in [-0.05, 0) is 29.6 Å². The van der Waals surface area contributed by atoms with Gasteiger partial charge in [-0.3, -0.25) is 4.79 Å². The first-order valence-electron chi connectivity index (χ1n) is 6.43. The number of halogens is 1. The van der Waals surface area contributed by atoms with E-state index in [1.54, 1.807) is 11.3 Å². The van der Waals surface area contributed by atoms with E-state index in [1.807, 2.05) is 24.4 Å². The highest BCUT2D eigenvalue weighted by atomic mass is 32.2. The number of carbonyl (C=O) groups excluding carboxylic acids is 1. The van der Waals surface area contributed by atoms with Gasteiger partial charge in [-0.1, -0.05) is 13.0 Å². The molecule has 0 bridgehead atoms. The van der Waals surface area contributed by atoms with Crippen molar-refractivity contribution in [2.75, 3.05) is 6.54 Å². The van der Waals surface area contributed by atoms with Gasteiger partial charge in [0, 0.05) is 22.9 Å². The van der Waals surface area contributed by atoms with E-state index in [2.05, 4.69) is 5.32 Å². The molecule has 22 heavy (non-hydrogen) atoms. The van der Waals surface area contributed by atoms with Gasteiger partial charge in [0.25, 0.3) is 5.91 Å². The van der Waals surface area contributed by atoms with Crippen molar-refractivity contribution in [1.29, 1.82) is 0 Å². The summed E-state index contributed by atoms with van der Waals surface area (Å²) in [5, 5.41) is 9.52. The Bertz CT molecular complexity index is 773. The standard InChI is InChI=1S/C14H15FN2O3S2/c1-9(12-3-2-6-21-12)8-17-14(18)10-4-5-13(11(15)7-10)22(16,19)20/h2-7,9H,8H2,1H3,(H,17,18)(H2,16,19,20). The first kappa shape index (κ1) is 16.6. The second kappa shape index (κ2) is 6.55. The zero-order valence-electron chi connectivity index (χ0n) is 11.7. The molecule has 1 aromatic carbocycles. The molecular formula is C14H15FN2O3S2. The molecule has 118 valence electrons. The van der Waals surface area contributed by atoms with Crippen LogP contribution in [0.1, 0.15) is 28.1 Å². The molecule has 8 heteroatoms. The lowest BCUT2D eigenvalue weighted by molar-refractivity contribution is 0.0951. The molecule has 0 fully saturated rings. The minimum Gasteiger partial charge on any atom is -0.351 e. The number of rotatable bonds is 5. The van der Waals surface area contributed by atoms with Gasteiger partial charge in [-0.25, -0.2) is 17.9 Å². The molecule has 0 aliphatic rings. The van der Waals surface area contributed by atoms with Crippen molar-refractivity contribution in [3.05, 3.63) is 52.0 Å². The molecule has 0 saturated carbocycles. The Labute approximate surface area is 132 Å². The van der Waals surface area contributed by atoms with Crippen molar-refractivity contribution in [1.82, 2.24) is 5.32 Å². The molecule has 3 N–H and O–H groups in total. The number of benzene rings is 1. The summed E-state index contributed by atoms with van der Waals surface area (Å²) in [7, 11) is -4.14. The number of amides is 1. The van der Waals surface area contributed by atoms with Crippen molar-refractivity contribution in [2.45, 2.75) is 17.7 Å². The van der Waals surface area contributed by atoms with Gasteiger partial charge in [0.1, 0.15) is 10.7 Å². The lowest BCUT2D eigenvalue weighted by Crippen LogP contribution is -2.27. The van der Waals surface area contributed by atoms with E-state index in [0.29, 0.717) is 6.54 Å². The van der Waals surface area contributed by atoms with Crippen LogP contribution in [0.4, 0.5) is 4.39 Å². The highest BCUT2D eigenvalue weighted by Crippen LogP contribution is 2.20. The Morgan fingerprint density at radius 1 is 1.41 bits per heavy atom. The average Bonchev–Trinajstić information content (AvgIpc) is 2.97. The van der Waals surface area contributed by atoms with Gasteiger partial charge in [-0.15, -0.1) is 11.3 Å². The van der Waals surface area contributed by atoms with E-state index < -0.39 is 26.6 Å². The third-order valence-electron chi connectivity index (χ3n) is 3.10. The average molecular weight is 342 g/mol. The largest absolute Gasteiger partial charge is 0.351 e. The van der Waals surface area contributed by atoms with Gasteiger partial charge in [-0.2, -0.15) is 0 Å². The zero-order valence-corrected chi connectivity index (χ0v) is 13.4. The summed E-state index contributed by atoms with van der Waals surface area (Å²) >= 11 is 1.59. The Morgan fingerprint density at radius 2 is 2.14 bits per heavy atom. The third-order valence-corrected chi connectivity index (χ3v) is 5.15. The molecule has 0 aliphatic carbocycles. The lowest BCUT2D eigenvalue weighted by atomic mass is 10.1. The van der Waals surface area contributed by atoms with E-state index in [4.69, 9.17) is 5.14 Å². The Morgan fingerprint density at radius 3 is 2.68 bits per heavy atom. The number of primary sulfonamides is 1. The number of nitrogens with two attached hydrogens (primary N) is 1. The zero-order chi connectivity index (χ0) is 16.3. The van der Waals surface area contributed by atoms with E-state index >= 15 is 0 Å². The number of hydrogen-bond donors (Lipinski definition) is 2. The van der Waals surface area contributed by atoms with E-state index in [1.165, 1.54) is 6.07 Å². The first-order valence-corrected chi connectivity index (χ1v) is 8.85. The number of carbonyl (C=O) groups is 1. The van der Waals surface area contributed by atoms with Crippen LogP contribution >= 0.6 is 11.3 Å². The molecule has 1 unspecified atom stereocenters. The SMILES string of the molecule is CC(CNC(=O)c1ccc(S(N)(=O)=O)c(F)c1)c1cccs1. The topological polar surface area (TPSA) is 89.3 Å². The van der Waals surface area contributed by atoms with Gasteiger partial charge in [0.2, 0.25) is 10.0 Å². The maximum Gasteiger partial charge on any atom is 0.251 e. The fraction of sp³-hybridized carbons (Fsp3) is 0.214. The molecule has 1 heterocycles. The highest BCUT2D eigenvalue weighted by Gasteiger charge is 2.17. The van der Waals surface area contributed by atoms with Crippen LogP contribution in [0.3, 0.4) is 0 Å². The van der Waals surface area contributed by atoms with Gasteiger partial charge >= 0.3 is 0 Å². The number of nitrogens with one attached hydrogen (secondary N) is 1. The quantitative estimate of drug-likeness (QED) is 0.872. The summed E-state index contributed by atoms with van der Waals surface area (Å²) in [4.78, 5) is 12.5. The second-order valence-corrected chi connectivity index (χ2v) is 7.33. The lowest BCUT2D eigenvalue weighted by Gasteiger charge is -2.11. The van der Waals surface area contributed by atoms with Crippen LogP contribution in [0.5, 0.6) is 0 Å². The Kier molecular flexibility index (Phi) is 4.94. The molecule has 0 spiro atoms. The summed E-state index contributed by atoms with van der Waals surface area (Å²) in [5.74, 6) is -1.37. The van der Waals surface area contributed by atoms with Crippen LogP contribution in [0.2, 0.25) is 0 Å². The fourth-order valence-corrected chi connectivity index (χ4v) is 3.27. The van der Waals surface area contributed by atoms with Crippen LogP contribution in [-0.2, 0) is 10.0 Å². The van der Waals surface area contributed by atoms with Crippen molar-refractivity contribution in [2.24, 2.45) is 5.14 Å². The molecule has 2 rings (SSSR count). The van der Waals surface area contributed by atoms with Crippen molar-refractivity contribution >= 4 is 27.3 Å². The van der Waals surface area contributed by atoms with E-state index in [9.17, 15) is 17.6 Å². The number of hydrogen-bond acceptors (Lipinski definition) is 4. The van der Waals surface area contributed by atoms with Crippen LogP contribution in [-0.4, -0.2) is 20.9 Å². The highest BCUT2D eigenvalue weighted by molar-refractivity contribution is 7.89. The molecule has 2 aromatic rings. The second-order valence-electron chi connectivity index (χ2n) is 4.82. The van der Waals surface area contributed by atoms with Crippen LogP contribution in [0.25, 0.3) is 0 Å². The summed E-state index contributed by atoms with van der Waals surface area (Å²) in [6.45, 7) is 2.37. The van der Waals surface area contributed by atoms with Crippen molar-refractivity contribution < 1.29 is 17.6 Å². The molecule has 1 atom stereocenters. The number of thiophene rings is 1. The third kappa shape index (κ3) is 3.90. The monoisotopic (exact) mass is 342 g/mol. The fourth-order valence-electron chi connectivity index (χ4n) is 1.89. The molecule has 0 radical (unpaired) electrons. The predicted octanol–water partition coefficient (Wildman–Crippen LogP) is 2.07. The maximum atomic E-state index is 13.7.